The van der Waals surface area contributed by atoms with Crippen LogP contribution in [0.25, 0.3) is 0 Å². The molecule has 0 spiro atoms. The molecular formula is C5H11NO2S. The molecule has 0 aromatic heterocycles. The zero-order valence-corrected chi connectivity index (χ0v) is 6.48. The van der Waals surface area contributed by atoms with Crippen molar-refractivity contribution in [2.75, 3.05) is 6.54 Å². The average Bonchev–Trinajstić information content (AvgIpc) is 2.32. The summed E-state index contributed by atoms with van der Waals surface area (Å²) in [5.74, 6) is 0. The average molecular weight is 149 g/mol. The Morgan fingerprint density at radius 2 is 2.00 bits per heavy atom. The van der Waals surface area contributed by atoms with E-state index in [0.29, 0.717) is 6.54 Å². The first-order valence-electron chi connectivity index (χ1n) is 3.15. The highest BCUT2D eigenvalue weighted by Gasteiger charge is 2.51. The Kier molecular flexibility index (Phi) is 1.52. The smallest absolute Gasteiger partial charge is 0.210 e. The fourth-order valence-corrected chi connectivity index (χ4v) is 2.95. The van der Waals surface area contributed by atoms with Crippen LogP contribution in [-0.4, -0.2) is 24.6 Å². The first-order valence-corrected chi connectivity index (χ1v) is 4.65. The fourth-order valence-electron chi connectivity index (χ4n) is 1.08. The van der Waals surface area contributed by atoms with E-state index in [4.69, 9.17) is 0 Å². The molecule has 1 saturated heterocycles. The van der Waals surface area contributed by atoms with Gasteiger partial charge >= 0.3 is 0 Å². The van der Waals surface area contributed by atoms with E-state index in [-0.39, 0.29) is 5.37 Å². The molecule has 0 N–H and O–H groups in total. The van der Waals surface area contributed by atoms with Gasteiger partial charge in [-0.05, 0) is 6.42 Å². The van der Waals surface area contributed by atoms with E-state index in [2.05, 4.69) is 0 Å². The summed E-state index contributed by atoms with van der Waals surface area (Å²) < 4.78 is 23.1. The van der Waals surface area contributed by atoms with E-state index in [9.17, 15) is 8.42 Å². The molecule has 3 nitrogen and oxygen atoms in total. The lowest BCUT2D eigenvalue weighted by Gasteiger charge is -1.84. The van der Waals surface area contributed by atoms with Crippen LogP contribution < -0.4 is 0 Å². The summed E-state index contributed by atoms with van der Waals surface area (Å²) >= 11 is 0. The van der Waals surface area contributed by atoms with Gasteiger partial charge in [0, 0.05) is 6.54 Å². The lowest BCUT2D eigenvalue weighted by molar-refractivity contribution is 0.537. The third-order valence-corrected chi connectivity index (χ3v) is 3.83. The van der Waals surface area contributed by atoms with Gasteiger partial charge in [0.1, 0.15) is 5.37 Å². The molecule has 0 aromatic rings. The van der Waals surface area contributed by atoms with Gasteiger partial charge in [-0.25, -0.2) is 8.42 Å². The summed E-state index contributed by atoms with van der Waals surface area (Å²) in [6.07, 6.45) is 0.718. The summed E-state index contributed by atoms with van der Waals surface area (Å²) in [6.45, 7) is 4.37. The molecule has 4 heteroatoms. The molecule has 0 aromatic carbocycles. The molecule has 0 saturated carbocycles. The van der Waals surface area contributed by atoms with Crippen LogP contribution in [0.5, 0.6) is 0 Å². The highest BCUT2D eigenvalue weighted by atomic mass is 32.2. The maximum absolute atomic E-state index is 10.8. The first-order chi connectivity index (χ1) is 4.14. The maximum atomic E-state index is 10.8. The van der Waals surface area contributed by atoms with Crippen molar-refractivity contribution in [3.05, 3.63) is 0 Å². The fraction of sp³-hybridized carbons (Fsp3) is 1.00. The quantitative estimate of drug-likeness (QED) is 0.532. The third-order valence-electron chi connectivity index (χ3n) is 1.61. The van der Waals surface area contributed by atoms with E-state index in [0.717, 1.165) is 6.42 Å². The molecule has 1 fully saturated rings. The Morgan fingerprint density at radius 3 is 2.11 bits per heavy atom. The molecular weight excluding hydrogens is 138 g/mol. The van der Waals surface area contributed by atoms with Crippen molar-refractivity contribution in [3.8, 4) is 0 Å². The van der Waals surface area contributed by atoms with E-state index < -0.39 is 10.0 Å². The molecule has 0 radical (unpaired) electrons. The summed E-state index contributed by atoms with van der Waals surface area (Å²) in [7, 11) is -2.77. The third kappa shape index (κ3) is 0.861. The summed E-state index contributed by atoms with van der Waals surface area (Å²) in [5.41, 5.74) is 0. The number of nitrogens with zero attached hydrogens (tertiary/aromatic N) is 1. The largest absolute Gasteiger partial charge is 0.232 e. The second-order valence-electron chi connectivity index (χ2n) is 2.11. The Labute approximate surface area is 55.7 Å². The zero-order valence-electron chi connectivity index (χ0n) is 5.66. The molecule has 0 aliphatic carbocycles. The van der Waals surface area contributed by atoms with Crippen molar-refractivity contribution in [1.82, 2.24) is 4.31 Å². The minimum atomic E-state index is -2.77. The van der Waals surface area contributed by atoms with Crippen molar-refractivity contribution < 1.29 is 8.42 Å². The lowest BCUT2D eigenvalue weighted by Crippen LogP contribution is -1.98. The summed E-state index contributed by atoms with van der Waals surface area (Å²) in [4.78, 5) is 0. The van der Waals surface area contributed by atoms with Gasteiger partial charge < -0.3 is 0 Å². The van der Waals surface area contributed by atoms with Gasteiger partial charge in [-0.3, -0.25) is 0 Å². The molecule has 9 heavy (non-hydrogen) atoms. The topological polar surface area (TPSA) is 37.1 Å². The van der Waals surface area contributed by atoms with Crippen molar-refractivity contribution in [2.24, 2.45) is 0 Å². The second-order valence-corrected chi connectivity index (χ2v) is 4.15. The normalized spacial score (nSPS) is 38.4. The van der Waals surface area contributed by atoms with Crippen LogP contribution in [0.2, 0.25) is 0 Å². The van der Waals surface area contributed by atoms with Crippen molar-refractivity contribution in [1.29, 1.82) is 0 Å². The van der Waals surface area contributed by atoms with Crippen LogP contribution in [0.1, 0.15) is 20.3 Å². The monoisotopic (exact) mass is 149 g/mol. The van der Waals surface area contributed by atoms with E-state index in [1.165, 1.54) is 4.31 Å². The standard InChI is InChI=1S/C5H11NO2S/c1-3-5-6(4-2)9(5,7)8/h5H,3-4H2,1-2H3. The van der Waals surface area contributed by atoms with Gasteiger partial charge in [0.25, 0.3) is 0 Å². The van der Waals surface area contributed by atoms with Crippen molar-refractivity contribution >= 4 is 10.0 Å². The van der Waals surface area contributed by atoms with E-state index >= 15 is 0 Å². The second kappa shape index (κ2) is 1.95. The van der Waals surface area contributed by atoms with Crippen LogP contribution in [-0.2, 0) is 10.0 Å². The molecule has 1 aliphatic rings. The Balaban J connectivity index is 2.67. The van der Waals surface area contributed by atoms with Crippen molar-refractivity contribution in [2.45, 2.75) is 25.6 Å². The molecule has 2 unspecified atom stereocenters. The van der Waals surface area contributed by atoms with Crippen molar-refractivity contribution in [3.63, 3.8) is 0 Å². The van der Waals surface area contributed by atoms with E-state index in [1.54, 1.807) is 0 Å². The number of sulfonamides is 1. The zero-order chi connectivity index (χ0) is 7.07. The summed E-state index contributed by atoms with van der Waals surface area (Å²) in [5, 5.41) is -0.164. The predicted molar refractivity (Wildman–Crippen MR) is 35.4 cm³/mol. The number of hydrogen-bond donors (Lipinski definition) is 0. The minimum absolute atomic E-state index is 0.164. The van der Waals surface area contributed by atoms with Gasteiger partial charge in [0.2, 0.25) is 10.0 Å². The summed E-state index contributed by atoms with van der Waals surface area (Å²) in [6, 6.07) is 0. The lowest BCUT2D eigenvalue weighted by atomic mass is 10.5. The van der Waals surface area contributed by atoms with Crippen LogP contribution in [0.15, 0.2) is 0 Å². The van der Waals surface area contributed by atoms with Gasteiger partial charge in [-0.15, -0.1) is 0 Å². The molecule has 1 heterocycles. The maximum Gasteiger partial charge on any atom is 0.232 e. The number of rotatable bonds is 2. The van der Waals surface area contributed by atoms with Gasteiger partial charge in [-0.1, -0.05) is 13.8 Å². The molecule has 0 bridgehead atoms. The van der Waals surface area contributed by atoms with Crippen LogP contribution in [0.4, 0.5) is 0 Å². The molecule has 1 aliphatic heterocycles. The number of hydrogen-bond acceptors (Lipinski definition) is 2. The first kappa shape index (κ1) is 7.02. The Bertz CT molecular complexity index is 181. The van der Waals surface area contributed by atoms with Gasteiger partial charge in [0.05, 0.1) is 0 Å². The predicted octanol–water partition coefficient (Wildman–Crippen LogP) is 0.388. The van der Waals surface area contributed by atoms with E-state index in [1.807, 2.05) is 13.8 Å². The SMILES string of the molecule is CCC1N(CC)S1(=O)=O. The Morgan fingerprint density at radius 1 is 1.44 bits per heavy atom. The molecule has 54 valence electrons. The molecule has 1 rings (SSSR count). The van der Waals surface area contributed by atoms with Crippen LogP contribution in [0.3, 0.4) is 0 Å². The molecule has 2 atom stereocenters. The Hall–Kier alpha value is -0.0900. The minimum Gasteiger partial charge on any atom is -0.210 e. The van der Waals surface area contributed by atoms with Crippen LogP contribution >= 0.6 is 0 Å². The molecule has 0 amide bonds. The van der Waals surface area contributed by atoms with Crippen LogP contribution in [0, 0.1) is 0 Å². The van der Waals surface area contributed by atoms with Gasteiger partial charge in [0.15, 0.2) is 0 Å². The highest BCUT2D eigenvalue weighted by Crippen LogP contribution is 2.31. The highest BCUT2D eigenvalue weighted by molar-refractivity contribution is 7.95. The van der Waals surface area contributed by atoms with Gasteiger partial charge in [-0.2, -0.15) is 4.31 Å².